The summed E-state index contributed by atoms with van der Waals surface area (Å²) in [5, 5.41) is 0. The quantitative estimate of drug-likeness (QED) is 0.724. The molecule has 3 nitrogen and oxygen atoms in total. The molecule has 0 aliphatic carbocycles. The van der Waals surface area contributed by atoms with Gasteiger partial charge in [0.1, 0.15) is 5.52 Å². The van der Waals surface area contributed by atoms with E-state index in [1.807, 2.05) is 55.5 Å². The molecular formula is C11H12N2O. The molecular weight excluding hydrogens is 176 g/mol. The van der Waals surface area contributed by atoms with Crippen molar-refractivity contribution >= 4 is 17.2 Å². The van der Waals surface area contributed by atoms with Crippen LogP contribution in [0.5, 0.6) is 0 Å². The monoisotopic (exact) mass is 188 g/mol. The molecule has 72 valence electrons. The van der Waals surface area contributed by atoms with Gasteiger partial charge in [-0.2, -0.15) is 0 Å². The van der Waals surface area contributed by atoms with Crippen LogP contribution in [0, 0.1) is 0 Å². The summed E-state index contributed by atoms with van der Waals surface area (Å²) in [6.45, 7) is 0. The second-order valence-corrected chi connectivity index (χ2v) is 3.30. The molecule has 2 rings (SSSR count). The van der Waals surface area contributed by atoms with Crippen LogP contribution in [0.2, 0.25) is 0 Å². The van der Waals surface area contributed by atoms with Gasteiger partial charge in [-0.25, -0.2) is 4.98 Å². The van der Waals surface area contributed by atoms with E-state index in [-0.39, 0.29) is 0 Å². The Kier molecular flexibility index (Phi) is 2.23. The first-order valence-corrected chi connectivity index (χ1v) is 4.46. The van der Waals surface area contributed by atoms with E-state index in [0.717, 1.165) is 11.1 Å². The average molecular weight is 188 g/mol. The Morgan fingerprint density at radius 1 is 1.29 bits per heavy atom. The summed E-state index contributed by atoms with van der Waals surface area (Å²) >= 11 is 0. The average Bonchev–Trinajstić information content (AvgIpc) is 2.57. The van der Waals surface area contributed by atoms with Gasteiger partial charge >= 0.3 is 0 Å². The van der Waals surface area contributed by atoms with Gasteiger partial charge in [0.05, 0.1) is 0 Å². The molecule has 14 heavy (non-hydrogen) atoms. The summed E-state index contributed by atoms with van der Waals surface area (Å²) in [4.78, 5) is 6.24. The van der Waals surface area contributed by atoms with Crippen molar-refractivity contribution in [3.8, 4) is 0 Å². The SMILES string of the molecule is CN(C)/C=C\c1nc2ccccc2o1. The van der Waals surface area contributed by atoms with Gasteiger partial charge in [0, 0.05) is 26.4 Å². The van der Waals surface area contributed by atoms with E-state index in [1.54, 1.807) is 0 Å². The van der Waals surface area contributed by atoms with E-state index < -0.39 is 0 Å². The van der Waals surface area contributed by atoms with Gasteiger partial charge < -0.3 is 9.32 Å². The fourth-order valence-electron chi connectivity index (χ4n) is 1.17. The second kappa shape index (κ2) is 3.54. The number of hydrogen-bond donors (Lipinski definition) is 0. The van der Waals surface area contributed by atoms with E-state index in [9.17, 15) is 0 Å². The molecule has 0 atom stereocenters. The number of nitrogens with zero attached hydrogens (tertiary/aromatic N) is 2. The van der Waals surface area contributed by atoms with Crippen LogP contribution in [-0.2, 0) is 0 Å². The highest BCUT2D eigenvalue weighted by Crippen LogP contribution is 2.15. The number of benzene rings is 1. The van der Waals surface area contributed by atoms with E-state index in [1.165, 1.54) is 0 Å². The molecule has 0 saturated carbocycles. The van der Waals surface area contributed by atoms with E-state index in [4.69, 9.17) is 4.42 Å². The molecule has 0 amide bonds. The Bertz CT molecular complexity index is 424. The van der Waals surface area contributed by atoms with Crippen LogP contribution in [0.15, 0.2) is 34.9 Å². The van der Waals surface area contributed by atoms with Crippen molar-refractivity contribution in [3.05, 3.63) is 36.4 Å². The van der Waals surface area contributed by atoms with Crippen molar-refractivity contribution in [3.63, 3.8) is 0 Å². The van der Waals surface area contributed by atoms with E-state index in [0.29, 0.717) is 5.89 Å². The van der Waals surface area contributed by atoms with E-state index >= 15 is 0 Å². The summed E-state index contributed by atoms with van der Waals surface area (Å²) < 4.78 is 5.49. The Labute approximate surface area is 82.7 Å². The molecule has 0 aliphatic heterocycles. The van der Waals surface area contributed by atoms with Crippen molar-refractivity contribution in [2.75, 3.05) is 14.1 Å². The third-order valence-electron chi connectivity index (χ3n) is 1.83. The second-order valence-electron chi connectivity index (χ2n) is 3.30. The van der Waals surface area contributed by atoms with Crippen molar-refractivity contribution in [1.29, 1.82) is 0 Å². The molecule has 0 fully saturated rings. The summed E-state index contributed by atoms with van der Waals surface area (Å²) in [7, 11) is 3.91. The van der Waals surface area contributed by atoms with Gasteiger partial charge in [-0.05, 0) is 12.1 Å². The first-order valence-electron chi connectivity index (χ1n) is 4.46. The number of hydrogen-bond acceptors (Lipinski definition) is 3. The van der Waals surface area contributed by atoms with Crippen LogP contribution >= 0.6 is 0 Å². The lowest BCUT2D eigenvalue weighted by Crippen LogP contribution is -1.99. The molecule has 0 unspecified atom stereocenters. The minimum Gasteiger partial charge on any atom is -0.437 e. The molecule has 0 radical (unpaired) electrons. The van der Waals surface area contributed by atoms with Gasteiger partial charge in [-0.3, -0.25) is 0 Å². The highest BCUT2D eigenvalue weighted by atomic mass is 16.3. The van der Waals surface area contributed by atoms with Crippen molar-refractivity contribution < 1.29 is 4.42 Å². The Balaban J connectivity index is 2.36. The molecule has 0 N–H and O–H groups in total. The Hall–Kier alpha value is -1.77. The van der Waals surface area contributed by atoms with Crippen LogP contribution < -0.4 is 0 Å². The predicted molar refractivity (Wildman–Crippen MR) is 56.7 cm³/mol. The fraction of sp³-hybridized carbons (Fsp3) is 0.182. The number of fused-ring (bicyclic) bond motifs is 1. The fourth-order valence-corrected chi connectivity index (χ4v) is 1.17. The van der Waals surface area contributed by atoms with Gasteiger partial charge in [0.2, 0.25) is 5.89 Å². The molecule has 1 aromatic heterocycles. The van der Waals surface area contributed by atoms with Crippen LogP contribution in [0.4, 0.5) is 0 Å². The topological polar surface area (TPSA) is 29.3 Å². The summed E-state index contributed by atoms with van der Waals surface area (Å²) in [5.74, 6) is 0.639. The van der Waals surface area contributed by atoms with Crippen LogP contribution in [0.1, 0.15) is 5.89 Å². The van der Waals surface area contributed by atoms with Crippen molar-refractivity contribution in [2.45, 2.75) is 0 Å². The summed E-state index contributed by atoms with van der Waals surface area (Å²) in [5.41, 5.74) is 1.72. The predicted octanol–water partition coefficient (Wildman–Crippen LogP) is 2.36. The lowest BCUT2D eigenvalue weighted by atomic mass is 10.3. The number of rotatable bonds is 2. The zero-order valence-corrected chi connectivity index (χ0v) is 8.27. The smallest absolute Gasteiger partial charge is 0.221 e. The molecule has 0 spiro atoms. The van der Waals surface area contributed by atoms with Gasteiger partial charge in [0.25, 0.3) is 0 Å². The normalized spacial score (nSPS) is 11.3. The maximum Gasteiger partial charge on any atom is 0.221 e. The molecule has 3 heteroatoms. The summed E-state index contributed by atoms with van der Waals surface area (Å²) in [6, 6.07) is 7.73. The third-order valence-corrected chi connectivity index (χ3v) is 1.83. The number of oxazole rings is 1. The van der Waals surface area contributed by atoms with Crippen molar-refractivity contribution in [1.82, 2.24) is 9.88 Å². The minimum atomic E-state index is 0.639. The standard InChI is InChI=1S/C11H12N2O/c1-13(2)8-7-11-12-9-5-3-4-6-10(9)14-11/h3-8H,1-2H3/b8-7-. The lowest BCUT2D eigenvalue weighted by Gasteiger charge is -2.00. The highest BCUT2D eigenvalue weighted by Gasteiger charge is 2.00. The molecule has 2 aromatic rings. The van der Waals surface area contributed by atoms with Gasteiger partial charge in [0.15, 0.2) is 5.58 Å². The molecule has 1 heterocycles. The Morgan fingerprint density at radius 3 is 2.79 bits per heavy atom. The third kappa shape index (κ3) is 1.76. The maximum absolute atomic E-state index is 5.49. The Morgan fingerprint density at radius 2 is 2.07 bits per heavy atom. The first-order chi connectivity index (χ1) is 6.75. The minimum absolute atomic E-state index is 0.639. The highest BCUT2D eigenvalue weighted by molar-refractivity contribution is 5.73. The van der Waals surface area contributed by atoms with Crippen LogP contribution in [-0.4, -0.2) is 24.0 Å². The lowest BCUT2D eigenvalue weighted by molar-refractivity contribution is 0.558. The molecule has 0 aliphatic rings. The molecule has 0 bridgehead atoms. The first kappa shape index (κ1) is 8.81. The van der Waals surface area contributed by atoms with Crippen molar-refractivity contribution in [2.24, 2.45) is 0 Å². The van der Waals surface area contributed by atoms with Gasteiger partial charge in [-0.1, -0.05) is 12.1 Å². The number of aromatic nitrogens is 1. The zero-order valence-electron chi connectivity index (χ0n) is 8.27. The van der Waals surface area contributed by atoms with Crippen LogP contribution in [0.3, 0.4) is 0 Å². The van der Waals surface area contributed by atoms with E-state index in [2.05, 4.69) is 4.98 Å². The molecule has 0 saturated heterocycles. The molecule has 1 aromatic carbocycles. The van der Waals surface area contributed by atoms with Crippen LogP contribution in [0.25, 0.3) is 17.2 Å². The van der Waals surface area contributed by atoms with Gasteiger partial charge in [-0.15, -0.1) is 0 Å². The zero-order chi connectivity index (χ0) is 9.97. The number of para-hydroxylation sites is 2. The largest absolute Gasteiger partial charge is 0.437 e. The summed E-state index contributed by atoms with van der Waals surface area (Å²) in [6.07, 6.45) is 3.75. The maximum atomic E-state index is 5.49.